The zero-order valence-corrected chi connectivity index (χ0v) is 11.2. The Hall–Kier alpha value is -2.12. The Morgan fingerprint density at radius 1 is 1.33 bits per heavy atom. The van der Waals surface area contributed by atoms with Crippen molar-refractivity contribution in [2.75, 3.05) is 6.61 Å². The van der Waals surface area contributed by atoms with Gasteiger partial charge < -0.3 is 4.74 Å². The Morgan fingerprint density at radius 2 is 1.90 bits per heavy atom. The minimum atomic E-state index is -4.55. The van der Waals surface area contributed by atoms with Crippen molar-refractivity contribution >= 4 is 11.7 Å². The number of hydrogen-bond donors (Lipinski definition) is 0. The van der Waals surface area contributed by atoms with E-state index in [0.717, 1.165) is 12.1 Å². The van der Waals surface area contributed by atoms with Gasteiger partial charge in [-0.15, -0.1) is 0 Å². The van der Waals surface area contributed by atoms with E-state index in [-0.39, 0.29) is 17.9 Å². The largest absolute Gasteiger partial charge is 0.466 e. The van der Waals surface area contributed by atoms with Gasteiger partial charge in [-0.3, -0.25) is 14.9 Å². The van der Waals surface area contributed by atoms with Crippen molar-refractivity contribution in [2.24, 2.45) is 5.92 Å². The summed E-state index contributed by atoms with van der Waals surface area (Å²) in [6, 6.07) is 4.77. The molecule has 1 aromatic rings. The lowest BCUT2D eigenvalue weighted by atomic mass is 9.95. The third kappa shape index (κ3) is 5.41. The number of non-ortho nitro benzene ring substituents is 1. The quantitative estimate of drug-likeness (QED) is 0.459. The SMILES string of the molecule is CCOC(=O)CC(Cc1ccc([N+](=O)[O-])cc1)C(F)(F)F. The highest BCUT2D eigenvalue weighted by Crippen LogP contribution is 2.32. The second-order valence-electron chi connectivity index (χ2n) is 4.38. The van der Waals surface area contributed by atoms with Crippen LogP contribution in [-0.2, 0) is 16.0 Å². The number of ether oxygens (including phenoxy) is 1. The fourth-order valence-electron chi connectivity index (χ4n) is 1.76. The summed E-state index contributed by atoms with van der Waals surface area (Å²) < 4.78 is 43.2. The van der Waals surface area contributed by atoms with Gasteiger partial charge in [0.05, 0.1) is 23.9 Å². The number of nitrogens with zero attached hydrogens (tertiary/aromatic N) is 1. The Bertz CT molecular complexity index is 499. The first-order valence-electron chi connectivity index (χ1n) is 6.19. The summed E-state index contributed by atoms with van der Waals surface area (Å²) in [5.74, 6) is -2.79. The van der Waals surface area contributed by atoms with E-state index in [2.05, 4.69) is 4.74 Å². The fourth-order valence-corrected chi connectivity index (χ4v) is 1.76. The third-order valence-corrected chi connectivity index (χ3v) is 2.81. The van der Waals surface area contributed by atoms with Crippen LogP contribution in [0.1, 0.15) is 18.9 Å². The zero-order valence-electron chi connectivity index (χ0n) is 11.2. The van der Waals surface area contributed by atoms with E-state index in [1.54, 1.807) is 0 Å². The van der Waals surface area contributed by atoms with Crippen LogP contribution in [-0.4, -0.2) is 23.7 Å². The predicted octanol–water partition coefficient (Wildman–Crippen LogP) is 3.27. The first kappa shape index (κ1) is 16.9. The number of nitro groups is 1. The lowest BCUT2D eigenvalue weighted by Crippen LogP contribution is -2.28. The number of benzene rings is 1. The standard InChI is InChI=1S/C13H14F3NO4/c1-2-21-12(18)8-10(13(14,15)16)7-9-3-5-11(6-4-9)17(19)20/h3-6,10H,2,7-8H2,1H3. The lowest BCUT2D eigenvalue weighted by molar-refractivity contribution is -0.384. The minimum Gasteiger partial charge on any atom is -0.466 e. The first-order chi connectivity index (χ1) is 9.74. The molecule has 1 unspecified atom stereocenters. The highest BCUT2D eigenvalue weighted by atomic mass is 19.4. The highest BCUT2D eigenvalue weighted by molar-refractivity contribution is 5.69. The highest BCUT2D eigenvalue weighted by Gasteiger charge is 2.41. The number of esters is 1. The van der Waals surface area contributed by atoms with Crippen LogP contribution in [0.3, 0.4) is 0 Å². The van der Waals surface area contributed by atoms with E-state index in [1.807, 2.05) is 0 Å². The number of carbonyl (C=O) groups is 1. The van der Waals surface area contributed by atoms with Crippen LogP contribution in [0.15, 0.2) is 24.3 Å². The molecule has 8 heteroatoms. The van der Waals surface area contributed by atoms with Crippen LogP contribution >= 0.6 is 0 Å². The molecule has 0 aromatic heterocycles. The average Bonchev–Trinajstić information content (AvgIpc) is 2.37. The van der Waals surface area contributed by atoms with E-state index < -0.39 is 35.8 Å². The van der Waals surface area contributed by atoms with Crippen molar-refractivity contribution < 1.29 is 27.6 Å². The molecule has 0 amide bonds. The molecule has 0 saturated heterocycles. The molecule has 0 aliphatic rings. The zero-order chi connectivity index (χ0) is 16.0. The molecule has 0 bridgehead atoms. The van der Waals surface area contributed by atoms with Gasteiger partial charge in [-0.2, -0.15) is 13.2 Å². The molecule has 0 radical (unpaired) electrons. The summed E-state index contributed by atoms with van der Waals surface area (Å²) >= 11 is 0. The van der Waals surface area contributed by atoms with Crippen molar-refractivity contribution in [3.05, 3.63) is 39.9 Å². The fraction of sp³-hybridized carbons (Fsp3) is 0.462. The first-order valence-corrected chi connectivity index (χ1v) is 6.19. The van der Waals surface area contributed by atoms with Crippen molar-refractivity contribution in [3.63, 3.8) is 0 Å². The smallest absolute Gasteiger partial charge is 0.392 e. The maximum Gasteiger partial charge on any atom is 0.392 e. The lowest BCUT2D eigenvalue weighted by Gasteiger charge is -2.19. The molecule has 1 atom stereocenters. The number of halogens is 3. The third-order valence-electron chi connectivity index (χ3n) is 2.81. The van der Waals surface area contributed by atoms with Crippen molar-refractivity contribution in [1.82, 2.24) is 0 Å². The van der Waals surface area contributed by atoms with E-state index >= 15 is 0 Å². The Morgan fingerprint density at radius 3 is 2.33 bits per heavy atom. The van der Waals surface area contributed by atoms with E-state index in [9.17, 15) is 28.1 Å². The number of rotatable bonds is 6. The Kier molecular flexibility index (Phi) is 5.69. The monoisotopic (exact) mass is 305 g/mol. The molecule has 21 heavy (non-hydrogen) atoms. The van der Waals surface area contributed by atoms with Crippen molar-refractivity contribution in [2.45, 2.75) is 25.9 Å². The molecule has 5 nitrogen and oxygen atoms in total. The van der Waals surface area contributed by atoms with Gasteiger partial charge in [0.15, 0.2) is 0 Å². The van der Waals surface area contributed by atoms with Crippen LogP contribution in [0.5, 0.6) is 0 Å². The van der Waals surface area contributed by atoms with Gasteiger partial charge in [-0.1, -0.05) is 12.1 Å². The Balaban J connectivity index is 2.81. The molecule has 0 aliphatic carbocycles. The van der Waals surface area contributed by atoms with Crippen LogP contribution in [0.25, 0.3) is 0 Å². The molecule has 116 valence electrons. The molecule has 0 N–H and O–H groups in total. The number of nitro benzene ring substituents is 1. The summed E-state index contributed by atoms with van der Waals surface area (Å²) in [6.45, 7) is 1.53. The van der Waals surface area contributed by atoms with Crippen LogP contribution in [0, 0.1) is 16.0 Å². The number of alkyl halides is 3. The molecule has 0 heterocycles. The summed E-state index contributed by atoms with van der Waals surface area (Å²) in [7, 11) is 0. The van der Waals surface area contributed by atoms with Gasteiger partial charge in [-0.25, -0.2) is 0 Å². The molecule has 1 rings (SSSR count). The van der Waals surface area contributed by atoms with E-state index in [0.29, 0.717) is 0 Å². The van der Waals surface area contributed by atoms with Gasteiger partial charge in [0.2, 0.25) is 0 Å². The summed E-state index contributed by atoms with van der Waals surface area (Å²) in [5, 5.41) is 10.5. The van der Waals surface area contributed by atoms with E-state index in [4.69, 9.17) is 0 Å². The molecule has 1 aromatic carbocycles. The topological polar surface area (TPSA) is 69.4 Å². The number of hydrogen-bond acceptors (Lipinski definition) is 4. The average molecular weight is 305 g/mol. The molecule has 0 saturated carbocycles. The molecule has 0 spiro atoms. The van der Waals surface area contributed by atoms with Crippen molar-refractivity contribution in [1.29, 1.82) is 0 Å². The molecular formula is C13H14F3NO4. The summed E-state index contributed by atoms with van der Waals surface area (Å²) in [4.78, 5) is 21.1. The molecule has 0 fully saturated rings. The maximum absolute atomic E-state index is 12.9. The predicted molar refractivity (Wildman–Crippen MR) is 67.6 cm³/mol. The maximum atomic E-state index is 12.9. The van der Waals surface area contributed by atoms with Crippen molar-refractivity contribution in [3.8, 4) is 0 Å². The summed E-state index contributed by atoms with van der Waals surface area (Å²) in [5.41, 5.74) is 0.0694. The molecular weight excluding hydrogens is 291 g/mol. The van der Waals surface area contributed by atoms with Crippen LogP contribution in [0.4, 0.5) is 18.9 Å². The minimum absolute atomic E-state index is 0.0148. The Labute approximate surface area is 118 Å². The second-order valence-corrected chi connectivity index (χ2v) is 4.38. The molecule has 0 aliphatic heterocycles. The van der Waals surface area contributed by atoms with Gasteiger partial charge >= 0.3 is 12.1 Å². The van der Waals surface area contributed by atoms with E-state index in [1.165, 1.54) is 19.1 Å². The van der Waals surface area contributed by atoms with Gasteiger partial charge in [0.25, 0.3) is 5.69 Å². The van der Waals surface area contributed by atoms with Gasteiger partial charge in [0.1, 0.15) is 0 Å². The van der Waals surface area contributed by atoms with Gasteiger partial charge in [-0.05, 0) is 18.9 Å². The number of carbonyl (C=O) groups excluding carboxylic acids is 1. The van der Waals surface area contributed by atoms with Crippen LogP contribution in [0.2, 0.25) is 0 Å². The van der Waals surface area contributed by atoms with Crippen LogP contribution < -0.4 is 0 Å². The summed E-state index contributed by atoms with van der Waals surface area (Å²) in [6.07, 6.45) is -5.75. The normalized spacial score (nSPS) is 12.8. The second kappa shape index (κ2) is 7.05. The van der Waals surface area contributed by atoms with Gasteiger partial charge in [0, 0.05) is 12.1 Å².